The van der Waals surface area contributed by atoms with E-state index in [1.165, 1.54) is 5.56 Å². The number of ether oxygens (including phenoxy) is 1. The van der Waals surface area contributed by atoms with E-state index in [4.69, 9.17) is 9.72 Å². The fourth-order valence-electron chi connectivity index (χ4n) is 3.35. The number of hydrogen-bond donors (Lipinski definition) is 1. The second-order valence-corrected chi connectivity index (χ2v) is 7.64. The van der Waals surface area contributed by atoms with Crippen LogP contribution in [-0.4, -0.2) is 21.8 Å². The Morgan fingerprint density at radius 1 is 1.00 bits per heavy atom. The van der Waals surface area contributed by atoms with Gasteiger partial charge in [0.1, 0.15) is 11.6 Å². The van der Waals surface area contributed by atoms with Crippen molar-refractivity contribution in [1.29, 1.82) is 0 Å². The molecular formula is C23H21BrN2O2. The van der Waals surface area contributed by atoms with Crippen LogP contribution >= 0.6 is 15.9 Å². The molecule has 0 radical (unpaired) electrons. The van der Waals surface area contributed by atoms with Crippen LogP contribution in [0.15, 0.2) is 77.3 Å². The van der Waals surface area contributed by atoms with Crippen molar-refractivity contribution in [3.05, 3.63) is 94.2 Å². The molecule has 28 heavy (non-hydrogen) atoms. The Balaban J connectivity index is 1.66. The topological polar surface area (TPSA) is 47.3 Å². The van der Waals surface area contributed by atoms with Crippen LogP contribution in [0, 0.1) is 0 Å². The number of benzene rings is 3. The van der Waals surface area contributed by atoms with E-state index < -0.39 is 6.10 Å². The molecule has 0 aliphatic carbocycles. The monoisotopic (exact) mass is 436 g/mol. The van der Waals surface area contributed by atoms with Gasteiger partial charge in [0.15, 0.2) is 0 Å². The fraction of sp³-hybridized carbons (Fsp3) is 0.174. The molecule has 1 unspecified atom stereocenters. The lowest BCUT2D eigenvalue weighted by atomic mass is 10.1. The summed E-state index contributed by atoms with van der Waals surface area (Å²) in [6, 6.07) is 23.9. The van der Waals surface area contributed by atoms with E-state index in [0.29, 0.717) is 13.0 Å². The number of hydrogen-bond acceptors (Lipinski definition) is 3. The van der Waals surface area contributed by atoms with Gasteiger partial charge in [-0.05, 0) is 47.5 Å². The fourth-order valence-corrected chi connectivity index (χ4v) is 3.61. The lowest BCUT2D eigenvalue weighted by Crippen LogP contribution is -2.10. The number of aliphatic hydroxyl groups is 1. The third-order valence-corrected chi connectivity index (χ3v) is 5.39. The van der Waals surface area contributed by atoms with Crippen molar-refractivity contribution < 1.29 is 9.84 Å². The van der Waals surface area contributed by atoms with Crippen molar-refractivity contribution in [3.8, 4) is 5.75 Å². The molecule has 4 rings (SSSR count). The highest BCUT2D eigenvalue weighted by Crippen LogP contribution is 2.25. The number of rotatable bonds is 6. The zero-order valence-electron chi connectivity index (χ0n) is 15.5. The van der Waals surface area contributed by atoms with E-state index in [2.05, 4.69) is 38.7 Å². The third-order valence-electron chi connectivity index (χ3n) is 4.86. The summed E-state index contributed by atoms with van der Waals surface area (Å²) in [7, 11) is 1.63. The largest absolute Gasteiger partial charge is 0.497 e. The van der Waals surface area contributed by atoms with Crippen LogP contribution in [0.1, 0.15) is 23.1 Å². The molecule has 142 valence electrons. The first-order valence-electron chi connectivity index (χ1n) is 9.14. The molecular weight excluding hydrogens is 416 g/mol. The van der Waals surface area contributed by atoms with Crippen LogP contribution in [-0.2, 0) is 13.0 Å². The van der Waals surface area contributed by atoms with Gasteiger partial charge in [0.25, 0.3) is 0 Å². The van der Waals surface area contributed by atoms with Crippen molar-refractivity contribution in [2.75, 3.05) is 7.11 Å². The van der Waals surface area contributed by atoms with Crippen LogP contribution in [0.4, 0.5) is 0 Å². The molecule has 0 fully saturated rings. The smallest absolute Gasteiger partial charge is 0.118 e. The van der Waals surface area contributed by atoms with Gasteiger partial charge in [0, 0.05) is 17.4 Å². The number of imidazole rings is 1. The van der Waals surface area contributed by atoms with E-state index >= 15 is 0 Å². The van der Waals surface area contributed by atoms with Crippen molar-refractivity contribution in [2.24, 2.45) is 0 Å². The van der Waals surface area contributed by atoms with Crippen molar-refractivity contribution in [2.45, 2.75) is 19.1 Å². The van der Waals surface area contributed by atoms with Gasteiger partial charge < -0.3 is 14.4 Å². The molecule has 0 amide bonds. The Morgan fingerprint density at radius 3 is 2.43 bits per heavy atom. The molecule has 0 spiro atoms. The Bertz CT molecular complexity index is 1070. The number of fused-ring (bicyclic) bond motifs is 1. The number of halogens is 1. The summed E-state index contributed by atoms with van der Waals surface area (Å²) in [6.07, 6.45) is -0.191. The summed E-state index contributed by atoms with van der Waals surface area (Å²) in [6.45, 7) is 0.707. The van der Waals surface area contributed by atoms with Gasteiger partial charge in [-0.25, -0.2) is 4.98 Å². The lowest BCUT2D eigenvalue weighted by molar-refractivity contribution is 0.174. The van der Waals surface area contributed by atoms with Gasteiger partial charge in [-0.3, -0.25) is 0 Å². The Hall–Kier alpha value is -2.63. The van der Waals surface area contributed by atoms with E-state index in [1.54, 1.807) is 7.11 Å². The zero-order chi connectivity index (χ0) is 19.5. The van der Waals surface area contributed by atoms with Crippen LogP contribution in [0.3, 0.4) is 0 Å². The minimum absolute atomic E-state index is 0.442. The lowest BCUT2D eigenvalue weighted by Gasteiger charge is -2.14. The number of nitrogens with zero attached hydrogens (tertiary/aromatic N) is 2. The van der Waals surface area contributed by atoms with Gasteiger partial charge in [0.05, 0.1) is 24.2 Å². The first-order chi connectivity index (χ1) is 13.6. The maximum absolute atomic E-state index is 10.8. The first-order valence-corrected chi connectivity index (χ1v) is 9.94. The molecule has 5 heteroatoms. The highest BCUT2D eigenvalue weighted by atomic mass is 79.9. The summed E-state index contributed by atoms with van der Waals surface area (Å²) in [5.41, 5.74) is 4.05. The summed E-state index contributed by atoms with van der Waals surface area (Å²) in [5, 5.41) is 10.8. The van der Waals surface area contributed by atoms with Crippen molar-refractivity contribution in [3.63, 3.8) is 0 Å². The molecule has 0 aliphatic rings. The number of para-hydroxylation sites is 2. The average Bonchev–Trinajstić information content (AvgIpc) is 3.06. The summed E-state index contributed by atoms with van der Waals surface area (Å²) < 4.78 is 8.44. The predicted molar refractivity (Wildman–Crippen MR) is 115 cm³/mol. The van der Waals surface area contributed by atoms with E-state index in [9.17, 15) is 5.11 Å². The van der Waals surface area contributed by atoms with Gasteiger partial charge in [-0.2, -0.15) is 0 Å². The number of methoxy groups -OCH3 is 1. The maximum Gasteiger partial charge on any atom is 0.118 e. The number of aromatic nitrogens is 2. The molecule has 4 aromatic rings. The highest BCUT2D eigenvalue weighted by molar-refractivity contribution is 9.10. The molecule has 1 heterocycles. The zero-order valence-corrected chi connectivity index (χ0v) is 17.1. The highest BCUT2D eigenvalue weighted by Gasteiger charge is 2.16. The second kappa shape index (κ2) is 8.17. The van der Waals surface area contributed by atoms with Crippen LogP contribution in [0.2, 0.25) is 0 Å². The van der Waals surface area contributed by atoms with Crippen molar-refractivity contribution >= 4 is 27.0 Å². The molecule has 4 nitrogen and oxygen atoms in total. The Labute approximate surface area is 172 Å². The average molecular weight is 437 g/mol. The summed E-state index contributed by atoms with van der Waals surface area (Å²) in [4.78, 5) is 4.79. The molecule has 1 N–H and O–H groups in total. The van der Waals surface area contributed by atoms with Crippen LogP contribution < -0.4 is 4.74 Å². The summed E-state index contributed by atoms with van der Waals surface area (Å²) in [5.74, 6) is 1.64. The molecule has 0 saturated carbocycles. The summed E-state index contributed by atoms with van der Waals surface area (Å²) >= 11 is 3.49. The normalized spacial score (nSPS) is 12.2. The second-order valence-electron chi connectivity index (χ2n) is 6.72. The minimum Gasteiger partial charge on any atom is -0.497 e. The SMILES string of the molecule is COc1ccc(C(O)Cc2nc3ccccc3n2Cc2ccc(Br)cc2)cc1. The van der Waals surface area contributed by atoms with Gasteiger partial charge in [0.2, 0.25) is 0 Å². The molecule has 0 bridgehead atoms. The molecule has 3 aromatic carbocycles. The quantitative estimate of drug-likeness (QED) is 0.455. The predicted octanol–water partition coefficient (Wildman–Crippen LogP) is 5.13. The molecule has 1 atom stereocenters. The molecule has 0 aliphatic heterocycles. The van der Waals surface area contributed by atoms with Crippen LogP contribution in [0.25, 0.3) is 11.0 Å². The van der Waals surface area contributed by atoms with Gasteiger partial charge >= 0.3 is 0 Å². The number of aliphatic hydroxyl groups excluding tert-OH is 1. The third kappa shape index (κ3) is 3.96. The molecule has 0 saturated heterocycles. The van der Waals surface area contributed by atoms with Gasteiger partial charge in [-0.1, -0.05) is 52.3 Å². The van der Waals surface area contributed by atoms with E-state index in [-0.39, 0.29) is 0 Å². The Morgan fingerprint density at radius 2 is 1.71 bits per heavy atom. The molecule has 1 aromatic heterocycles. The minimum atomic E-state index is -0.633. The van der Waals surface area contributed by atoms with E-state index in [1.807, 2.05) is 54.6 Å². The maximum atomic E-state index is 10.8. The van der Waals surface area contributed by atoms with Crippen LogP contribution in [0.5, 0.6) is 5.75 Å². The first kappa shape index (κ1) is 18.7. The van der Waals surface area contributed by atoms with E-state index in [0.717, 1.165) is 32.6 Å². The van der Waals surface area contributed by atoms with Crippen molar-refractivity contribution in [1.82, 2.24) is 9.55 Å². The van der Waals surface area contributed by atoms with Gasteiger partial charge in [-0.15, -0.1) is 0 Å². The standard InChI is InChI=1S/C23H21BrN2O2/c1-28-19-12-8-17(9-13-19)22(27)14-23-25-20-4-2-3-5-21(20)26(23)15-16-6-10-18(24)11-7-16/h2-13,22,27H,14-15H2,1H3. The Kier molecular flexibility index (Phi) is 5.46.